The van der Waals surface area contributed by atoms with E-state index in [9.17, 15) is 4.79 Å². The van der Waals surface area contributed by atoms with Crippen LogP contribution in [0.2, 0.25) is 0 Å². The zero-order valence-electron chi connectivity index (χ0n) is 7.79. The van der Waals surface area contributed by atoms with E-state index >= 15 is 0 Å². The van der Waals surface area contributed by atoms with Gasteiger partial charge in [0.05, 0.1) is 11.3 Å². The predicted molar refractivity (Wildman–Crippen MR) is 54.4 cm³/mol. The number of rotatable bonds is 2. The van der Waals surface area contributed by atoms with Crippen LogP contribution in [0.15, 0.2) is 42.9 Å². The Bertz CT molecular complexity index is 483. The molecular weight excluding hydrogens is 192 g/mol. The number of hydrogen-bond acceptors (Lipinski definition) is 3. The lowest BCUT2D eigenvalue weighted by molar-refractivity contribution is 0.0696. The van der Waals surface area contributed by atoms with E-state index in [4.69, 9.17) is 5.11 Å². The van der Waals surface area contributed by atoms with Crippen molar-refractivity contribution < 1.29 is 9.90 Å². The maximum absolute atomic E-state index is 10.7. The van der Waals surface area contributed by atoms with Crippen molar-refractivity contribution in [3.8, 4) is 11.3 Å². The lowest BCUT2D eigenvalue weighted by atomic mass is 10.1. The van der Waals surface area contributed by atoms with Crippen LogP contribution < -0.4 is 0 Å². The van der Waals surface area contributed by atoms with Gasteiger partial charge in [-0.25, -0.2) is 4.79 Å². The van der Waals surface area contributed by atoms with E-state index in [-0.39, 0.29) is 5.56 Å². The van der Waals surface area contributed by atoms with Gasteiger partial charge in [-0.2, -0.15) is 0 Å². The fourth-order valence-corrected chi connectivity index (χ4v) is 1.23. The van der Waals surface area contributed by atoms with E-state index in [1.165, 1.54) is 6.20 Å². The number of aromatic carboxylic acids is 1. The molecule has 74 valence electrons. The van der Waals surface area contributed by atoms with Crippen LogP contribution in [0.1, 0.15) is 10.4 Å². The molecule has 0 unspecified atom stereocenters. The van der Waals surface area contributed by atoms with Crippen LogP contribution >= 0.6 is 0 Å². The summed E-state index contributed by atoms with van der Waals surface area (Å²) in [5, 5.41) is 8.80. The van der Waals surface area contributed by atoms with Crippen molar-refractivity contribution in [1.29, 1.82) is 0 Å². The standard InChI is InChI=1S/C11H8N2O2/c14-11(15)9-5-8(6-12-7-9)10-3-1-2-4-13-10/h1-7H,(H,14,15). The van der Waals surface area contributed by atoms with Gasteiger partial charge in [0.2, 0.25) is 0 Å². The summed E-state index contributed by atoms with van der Waals surface area (Å²) in [6, 6.07) is 7.01. The van der Waals surface area contributed by atoms with Gasteiger partial charge < -0.3 is 5.11 Å². The summed E-state index contributed by atoms with van der Waals surface area (Å²) in [5.74, 6) is -0.986. The van der Waals surface area contributed by atoms with E-state index in [0.717, 1.165) is 0 Å². The smallest absolute Gasteiger partial charge is 0.337 e. The first-order chi connectivity index (χ1) is 7.27. The second kappa shape index (κ2) is 3.88. The highest BCUT2D eigenvalue weighted by atomic mass is 16.4. The Hall–Kier alpha value is -2.23. The average Bonchev–Trinajstić information content (AvgIpc) is 2.30. The molecule has 0 fully saturated rings. The highest BCUT2D eigenvalue weighted by Crippen LogP contribution is 2.15. The van der Waals surface area contributed by atoms with Crippen LogP contribution in [0.4, 0.5) is 0 Å². The highest BCUT2D eigenvalue weighted by Gasteiger charge is 2.05. The summed E-state index contributed by atoms with van der Waals surface area (Å²) in [6.07, 6.45) is 4.56. The van der Waals surface area contributed by atoms with Crippen molar-refractivity contribution in [3.05, 3.63) is 48.4 Å². The minimum absolute atomic E-state index is 0.165. The molecule has 0 radical (unpaired) electrons. The van der Waals surface area contributed by atoms with Crippen LogP contribution in [-0.4, -0.2) is 21.0 Å². The summed E-state index contributed by atoms with van der Waals surface area (Å²) in [5.41, 5.74) is 1.58. The largest absolute Gasteiger partial charge is 0.478 e. The van der Waals surface area contributed by atoms with Crippen molar-refractivity contribution in [2.75, 3.05) is 0 Å². The van der Waals surface area contributed by atoms with E-state index in [1.54, 1.807) is 24.5 Å². The monoisotopic (exact) mass is 200 g/mol. The molecule has 15 heavy (non-hydrogen) atoms. The molecule has 0 bridgehead atoms. The van der Waals surface area contributed by atoms with Gasteiger partial charge in [-0.05, 0) is 18.2 Å². The molecule has 0 atom stereocenters. The molecule has 2 aromatic heterocycles. The molecule has 0 amide bonds. The van der Waals surface area contributed by atoms with Gasteiger partial charge in [-0.3, -0.25) is 9.97 Å². The Morgan fingerprint density at radius 2 is 2.13 bits per heavy atom. The first-order valence-corrected chi connectivity index (χ1v) is 4.37. The third-order valence-corrected chi connectivity index (χ3v) is 1.95. The van der Waals surface area contributed by atoms with Gasteiger partial charge in [-0.15, -0.1) is 0 Å². The molecule has 2 aromatic rings. The Morgan fingerprint density at radius 3 is 2.80 bits per heavy atom. The second-order valence-electron chi connectivity index (χ2n) is 2.98. The maximum atomic E-state index is 10.7. The van der Waals surface area contributed by atoms with Gasteiger partial charge in [-0.1, -0.05) is 6.07 Å². The molecule has 1 N–H and O–H groups in total. The molecule has 0 aliphatic rings. The Kier molecular flexibility index (Phi) is 2.41. The van der Waals surface area contributed by atoms with Gasteiger partial charge in [0.25, 0.3) is 0 Å². The van der Waals surface area contributed by atoms with Crippen molar-refractivity contribution in [3.63, 3.8) is 0 Å². The number of aromatic nitrogens is 2. The number of carboxylic acids is 1. The summed E-state index contributed by atoms with van der Waals surface area (Å²) in [7, 11) is 0. The number of carboxylic acid groups (broad SMARTS) is 1. The van der Waals surface area contributed by atoms with Crippen LogP contribution in [0.5, 0.6) is 0 Å². The Morgan fingerprint density at radius 1 is 1.27 bits per heavy atom. The molecule has 0 saturated heterocycles. The van der Waals surface area contributed by atoms with E-state index in [2.05, 4.69) is 9.97 Å². The summed E-state index contributed by atoms with van der Waals surface area (Å²) in [4.78, 5) is 18.7. The van der Waals surface area contributed by atoms with Gasteiger partial charge in [0.15, 0.2) is 0 Å². The number of carbonyl (C=O) groups is 1. The van der Waals surface area contributed by atoms with Crippen molar-refractivity contribution in [2.24, 2.45) is 0 Å². The number of nitrogens with zero attached hydrogens (tertiary/aromatic N) is 2. The fraction of sp³-hybridized carbons (Fsp3) is 0. The average molecular weight is 200 g/mol. The molecule has 0 spiro atoms. The third kappa shape index (κ3) is 1.99. The second-order valence-corrected chi connectivity index (χ2v) is 2.98. The summed E-state index contributed by atoms with van der Waals surface area (Å²) in [6.45, 7) is 0. The van der Waals surface area contributed by atoms with E-state index in [1.807, 2.05) is 12.1 Å². The normalized spacial score (nSPS) is 9.87. The van der Waals surface area contributed by atoms with Crippen LogP contribution in [0.3, 0.4) is 0 Å². The maximum Gasteiger partial charge on any atom is 0.337 e. The Labute approximate surface area is 86.2 Å². The lowest BCUT2D eigenvalue weighted by Gasteiger charge is -2.00. The zero-order valence-corrected chi connectivity index (χ0v) is 7.79. The molecule has 0 aliphatic heterocycles. The lowest BCUT2D eigenvalue weighted by Crippen LogP contribution is -1.97. The summed E-state index contributed by atoms with van der Waals surface area (Å²) < 4.78 is 0. The van der Waals surface area contributed by atoms with Crippen molar-refractivity contribution in [1.82, 2.24) is 9.97 Å². The third-order valence-electron chi connectivity index (χ3n) is 1.95. The Balaban J connectivity index is 2.46. The molecule has 2 rings (SSSR count). The first-order valence-electron chi connectivity index (χ1n) is 4.37. The number of pyridine rings is 2. The zero-order chi connectivity index (χ0) is 10.7. The molecule has 2 heterocycles. The topological polar surface area (TPSA) is 63.1 Å². The van der Waals surface area contributed by atoms with Gasteiger partial charge in [0, 0.05) is 24.2 Å². The van der Waals surface area contributed by atoms with E-state index < -0.39 is 5.97 Å². The SMILES string of the molecule is O=C(O)c1cncc(-c2ccccn2)c1. The van der Waals surface area contributed by atoms with E-state index in [0.29, 0.717) is 11.3 Å². The predicted octanol–water partition coefficient (Wildman–Crippen LogP) is 1.84. The number of hydrogen-bond donors (Lipinski definition) is 1. The molecule has 4 heteroatoms. The molecule has 0 aromatic carbocycles. The minimum atomic E-state index is -0.986. The van der Waals surface area contributed by atoms with Crippen molar-refractivity contribution >= 4 is 5.97 Å². The summed E-state index contributed by atoms with van der Waals surface area (Å²) >= 11 is 0. The van der Waals surface area contributed by atoms with Crippen LogP contribution in [0, 0.1) is 0 Å². The van der Waals surface area contributed by atoms with Crippen molar-refractivity contribution in [2.45, 2.75) is 0 Å². The quantitative estimate of drug-likeness (QED) is 0.803. The highest BCUT2D eigenvalue weighted by molar-refractivity contribution is 5.88. The van der Waals surface area contributed by atoms with Gasteiger partial charge in [0.1, 0.15) is 0 Å². The first kappa shape index (κ1) is 9.33. The molecule has 0 saturated carbocycles. The minimum Gasteiger partial charge on any atom is -0.478 e. The van der Waals surface area contributed by atoms with Crippen LogP contribution in [0.25, 0.3) is 11.3 Å². The molecular formula is C11H8N2O2. The fourth-order valence-electron chi connectivity index (χ4n) is 1.23. The van der Waals surface area contributed by atoms with Gasteiger partial charge >= 0.3 is 5.97 Å². The molecule has 0 aliphatic carbocycles. The van der Waals surface area contributed by atoms with Crippen LogP contribution in [-0.2, 0) is 0 Å². The molecule has 4 nitrogen and oxygen atoms in total.